The van der Waals surface area contributed by atoms with E-state index in [1.807, 2.05) is 6.07 Å². The van der Waals surface area contributed by atoms with Crippen LogP contribution >= 0.6 is 22.9 Å². The van der Waals surface area contributed by atoms with Gasteiger partial charge in [0.25, 0.3) is 0 Å². The average Bonchev–Trinajstić information content (AvgIpc) is 2.57. The number of nitriles is 1. The summed E-state index contributed by atoms with van der Waals surface area (Å²) in [5.74, 6) is 0. The molecule has 86 valence electrons. The summed E-state index contributed by atoms with van der Waals surface area (Å²) in [6.45, 7) is 6.17. The molecular weight excluding hydrogens is 252 g/mol. The second-order valence-electron chi connectivity index (χ2n) is 4.03. The van der Waals surface area contributed by atoms with Crippen LogP contribution in [0.5, 0.6) is 0 Å². The van der Waals surface area contributed by atoms with Gasteiger partial charge in [0.1, 0.15) is 15.4 Å². The van der Waals surface area contributed by atoms with Gasteiger partial charge in [0, 0.05) is 5.56 Å². The van der Waals surface area contributed by atoms with E-state index >= 15 is 0 Å². The van der Waals surface area contributed by atoms with E-state index in [2.05, 4.69) is 37.9 Å². The van der Waals surface area contributed by atoms with Crippen LogP contribution in [0.3, 0.4) is 0 Å². The maximum atomic E-state index is 8.87. The van der Waals surface area contributed by atoms with Gasteiger partial charge in [-0.2, -0.15) is 5.26 Å². The summed E-state index contributed by atoms with van der Waals surface area (Å²) in [6.07, 6.45) is 0. The molecule has 0 amide bonds. The fourth-order valence-electron chi connectivity index (χ4n) is 1.99. The van der Waals surface area contributed by atoms with Crippen molar-refractivity contribution in [1.82, 2.24) is 4.98 Å². The first-order chi connectivity index (χ1) is 8.02. The molecule has 0 radical (unpaired) electrons. The molecule has 0 aliphatic carbocycles. The molecule has 2 nitrogen and oxygen atoms in total. The van der Waals surface area contributed by atoms with Crippen molar-refractivity contribution in [1.29, 1.82) is 5.26 Å². The van der Waals surface area contributed by atoms with Crippen LogP contribution in [0.4, 0.5) is 0 Å². The smallest absolute Gasteiger partial charge is 0.170 e. The van der Waals surface area contributed by atoms with Gasteiger partial charge >= 0.3 is 0 Å². The Morgan fingerprint density at radius 2 is 1.82 bits per heavy atom. The lowest BCUT2D eigenvalue weighted by Crippen LogP contribution is -1.89. The molecular formula is C13H11ClN2S. The van der Waals surface area contributed by atoms with Gasteiger partial charge in [-0.15, -0.1) is 11.3 Å². The molecule has 0 spiro atoms. The molecule has 0 bridgehead atoms. The van der Waals surface area contributed by atoms with E-state index in [4.69, 9.17) is 16.9 Å². The van der Waals surface area contributed by atoms with E-state index in [1.165, 1.54) is 16.9 Å². The number of benzene rings is 1. The topological polar surface area (TPSA) is 36.7 Å². The lowest BCUT2D eigenvalue weighted by atomic mass is 10.0. The van der Waals surface area contributed by atoms with Crippen molar-refractivity contribution in [3.63, 3.8) is 0 Å². The minimum atomic E-state index is 0.311. The fourth-order valence-corrected chi connectivity index (χ4v) is 3.22. The molecule has 0 saturated carbocycles. The second-order valence-corrected chi connectivity index (χ2v) is 5.63. The molecule has 2 rings (SSSR count). The summed E-state index contributed by atoms with van der Waals surface area (Å²) in [4.78, 5) is 4.28. The Kier molecular flexibility index (Phi) is 3.19. The van der Waals surface area contributed by atoms with Crippen molar-refractivity contribution in [2.75, 3.05) is 0 Å². The summed E-state index contributed by atoms with van der Waals surface area (Å²) in [5.41, 5.74) is 4.96. The molecule has 1 heterocycles. The van der Waals surface area contributed by atoms with Crippen molar-refractivity contribution in [2.24, 2.45) is 0 Å². The molecule has 2 aromatic rings. The van der Waals surface area contributed by atoms with Crippen LogP contribution in [-0.4, -0.2) is 4.98 Å². The largest absolute Gasteiger partial charge is 0.224 e. The summed E-state index contributed by atoms with van der Waals surface area (Å²) in [5, 5.41) is 9.69. The Hall–Kier alpha value is -1.37. The lowest BCUT2D eigenvalue weighted by molar-refractivity contribution is 1.28. The molecule has 0 N–H and O–H groups in total. The summed E-state index contributed by atoms with van der Waals surface area (Å²) in [6, 6.07) is 6.23. The van der Waals surface area contributed by atoms with E-state index in [0.717, 1.165) is 21.7 Å². The highest BCUT2D eigenvalue weighted by molar-refractivity contribution is 7.19. The minimum Gasteiger partial charge on any atom is -0.224 e. The predicted octanol–water partition coefficient (Wildman–Crippen LogP) is 4.26. The molecule has 0 fully saturated rings. The molecule has 0 aliphatic rings. The Bertz CT molecular complexity index is 600. The van der Waals surface area contributed by atoms with Gasteiger partial charge in [-0.3, -0.25) is 0 Å². The molecule has 1 aromatic heterocycles. The highest BCUT2D eigenvalue weighted by atomic mass is 35.5. The molecule has 4 heteroatoms. The number of hydrogen-bond donors (Lipinski definition) is 0. The normalized spacial score (nSPS) is 10.3. The SMILES string of the molecule is Cc1cc(C)c(-c2nc(C#N)c(Cl)s2)c(C)c1. The Balaban J connectivity index is 2.65. The van der Waals surface area contributed by atoms with Crippen LogP contribution in [0.15, 0.2) is 12.1 Å². The zero-order valence-corrected chi connectivity index (χ0v) is 11.4. The molecule has 0 aliphatic heterocycles. The monoisotopic (exact) mass is 262 g/mol. The third kappa shape index (κ3) is 2.19. The Morgan fingerprint density at radius 1 is 1.24 bits per heavy atom. The third-order valence-electron chi connectivity index (χ3n) is 2.58. The number of aryl methyl sites for hydroxylation is 3. The van der Waals surface area contributed by atoms with Gasteiger partial charge in [0.2, 0.25) is 0 Å². The van der Waals surface area contributed by atoms with Gasteiger partial charge in [-0.05, 0) is 31.9 Å². The van der Waals surface area contributed by atoms with E-state index < -0.39 is 0 Å². The molecule has 0 atom stereocenters. The van der Waals surface area contributed by atoms with Crippen molar-refractivity contribution >= 4 is 22.9 Å². The Morgan fingerprint density at radius 3 is 2.29 bits per heavy atom. The molecule has 0 unspecified atom stereocenters. The zero-order chi connectivity index (χ0) is 12.6. The van der Waals surface area contributed by atoms with E-state index in [1.54, 1.807) is 0 Å². The minimum absolute atomic E-state index is 0.311. The van der Waals surface area contributed by atoms with Crippen LogP contribution in [-0.2, 0) is 0 Å². The first kappa shape index (κ1) is 12.1. The van der Waals surface area contributed by atoms with Gasteiger partial charge in [-0.1, -0.05) is 29.3 Å². The Labute approximate surface area is 110 Å². The van der Waals surface area contributed by atoms with Crippen LogP contribution in [0.25, 0.3) is 10.6 Å². The zero-order valence-electron chi connectivity index (χ0n) is 9.84. The highest BCUT2D eigenvalue weighted by Gasteiger charge is 2.14. The van der Waals surface area contributed by atoms with Crippen molar-refractivity contribution in [2.45, 2.75) is 20.8 Å². The molecule has 17 heavy (non-hydrogen) atoms. The molecule has 1 aromatic carbocycles. The van der Waals surface area contributed by atoms with E-state index in [9.17, 15) is 0 Å². The summed E-state index contributed by atoms with van der Waals surface area (Å²) in [7, 11) is 0. The van der Waals surface area contributed by atoms with Crippen LogP contribution in [0, 0.1) is 32.1 Å². The number of aromatic nitrogens is 1. The number of thiazole rings is 1. The van der Waals surface area contributed by atoms with E-state index in [0.29, 0.717) is 10.0 Å². The van der Waals surface area contributed by atoms with Crippen molar-refractivity contribution < 1.29 is 0 Å². The summed E-state index contributed by atoms with van der Waals surface area (Å²) >= 11 is 7.32. The first-order valence-electron chi connectivity index (χ1n) is 5.17. The number of rotatable bonds is 1. The van der Waals surface area contributed by atoms with Crippen LogP contribution in [0.1, 0.15) is 22.4 Å². The quantitative estimate of drug-likeness (QED) is 0.770. The van der Waals surface area contributed by atoms with Crippen LogP contribution < -0.4 is 0 Å². The van der Waals surface area contributed by atoms with Crippen molar-refractivity contribution in [3.8, 4) is 16.6 Å². The fraction of sp³-hybridized carbons (Fsp3) is 0.231. The van der Waals surface area contributed by atoms with Gasteiger partial charge < -0.3 is 0 Å². The maximum absolute atomic E-state index is 8.87. The van der Waals surface area contributed by atoms with Gasteiger partial charge in [-0.25, -0.2) is 4.98 Å². The third-order valence-corrected chi connectivity index (χ3v) is 3.85. The van der Waals surface area contributed by atoms with Crippen LogP contribution in [0.2, 0.25) is 4.34 Å². The first-order valence-corrected chi connectivity index (χ1v) is 6.37. The second kappa shape index (κ2) is 4.48. The lowest BCUT2D eigenvalue weighted by Gasteiger charge is -2.08. The summed E-state index contributed by atoms with van der Waals surface area (Å²) < 4.78 is 0.460. The maximum Gasteiger partial charge on any atom is 0.170 e. The predicted molar refractivity (Wildman–Crippen MR) is 71.5 cm³/mol. The van der Waals surface area contributed by atoms with E-state index in [-0.39, 0.29) is 0 Å². The number of nitrogens with zero attached hydrogens (tertiary/aromatic N) is 2. The molecule has 0 saturated heterocycles. The van der Waals surface area contributed by atoms with Gasteiger partial charge in [0.05, 0.1) is 0 Å². The van der Waals surface area contributed by atoms with Gasteiger partial charge in [0.15, 0.2) is 5.69 Å². The standard InChI is InChI=1S/C13H11ClN2S/c1-7-4-8(2)11(9(3)5-7)13-16-10(6-15)12(14)17-13/h4-5H,1-3H3. The number of hydrogen-bond acceptors (Lipinski definition) is 3. The van der Waals surface area contributed by atoms with Crippen molar-refractivity contribution in [3.05, 3.63) is 38.9 Å². The highest BCUT2D eigenvalue weighted by Crippen LogP contribution is 2.35. The average molecular weight is 263 g/mol. The number of halogens is 1.